The number of methoxy groups -OCH3 is 2. The molecule has 2 atom stereocenters. The first-order valence-electron chi connectivity index (χ1n) is 10.0. The van der Waals surface area contributed by atoms with E-state index in [-0.39, 0.29) is 18.0 Å². The summed E-state index contributed by atoms with van der Waals surface area (Å²) in [6, 6.07) is 10.2. The van der Waals surface area contributed by atoms with Crippen molar-refractivity contribution in [1.82, 2.24) is 9.78 Å². The van der Waals surface area contributed by atoms with Crippen molar-refractivity contribution in [3.8, 4) is 22.8 Å². The molecule has 1 aliphatic rings. The van der Waals surface area contributed by atoms with Crippen molar-refractivity contribution in [2.24, 2.45) is 0 Å². The zero-order chi connectivity index (χ0) is 23.0. The Morgan fingerprint density at radius 2 is 1.91 bits per heavy atom. The van der Waals surface area contributed by atoms with E-state index in [1.807, 2.05) is 6.07 Å². The van der Waals surface area contributed by atoms with Gasteiger partial charge in [-0.2, -0.15) is 5.10 Å². The number of hydrogen-bond donors (Lipinski definition) is 2. The molecule has 0 spiro atoms. The molecule has 2 N–H and O–H groups in total. The van der Waals surface area contributed by atoms with Gasteiger partial charge in [-0.15, -0.1) is 0 Å². The Bertz CT molecular complexity index is 1160. The first kappa shape index (κ1) is 21.6. The molecule has 2 unspecified atom stereocenters. The average molecular weight is 443 g/mol. The van der Waals surface area contributed by atoms with Gasteiger partial charge in [-0.05, 0) is 48.7 Å². The largest absolute Gasteiger partial charge is 0.493 e. The van der Waals surface area contributed by atoms with Gasteiger partial charge in [-0.1, -0.05) is 12.1 Å². The lowest BCUT2D eigenvalue weighted by atomic mass is 9.97. The molecule has 0 saturated heterocycles. The summed E-state index contributed by atoms with van der Waals surface area (Å²) in [7, 11) is 3.06. The van der Waals surface area contributed by atoms with Gasteiger partial charge in [0, 0.05) is 11.6 Å². The fraction of sp³-hybridized carbons (Fsp3) is 0.304. The van der Waals surface area contributed by atoms with Gasteiger partial charge in [0.15, 0.2) is 11.5 Å². The molecular formula is C23H23F2N3O4. The molecule has 2 heterocycles. The molecule has 9 heteroatoms. The number of anilines is 1. The number of fused-ring (bicyclic) bond motifs is 1. The van der Waals surface area contributed by atoms with Crippen LogP contribution in [0.3, 0.4) is 0 Å². The maximum Gasteiger partial charge on any atom is 0.335 e. The van der Waals surface area contributed by atoms with E-state index in [2.05, 4.69) is 10.4 Å². The van der Waals surface area contributed by atoms with Crippen LogP contribution in [0.5, 0.6) is 11.5 Å². The highest BCUT2D eigenvalue weighted by Crippen LogP contribution is 2.41. The zero-order valence-corrected chi connectivity index (χ0v) is 17.8. The van der Waals surface area contributed by atoms with Crippen molar-refractivity contribution in [2.45, 2.75) is 31.9 Å². The number of rotatable bonds is 6. The van der Waals surface area contributed by atoms with Crippen LogP contribution < -0.4 is 14.8 Å². The van der Waals surface area contributed by atoms with Crippen LogP contribution >= 0.6 is 0 Å². The van der Waals surface area contributed by atoms with Gasteiger partial charge in [0.05, 0.1) is 31.5 Å². The predicted molar refractivity (Wildman–Crippen MR) is 115 cm³/mol. The number of hydrogen-bond acceptors (Lipinski definition) is 5. The summed E-state index contributed by atoms with van der Waals surface area (Å²) < 4.78 is 39.9. The number of aryl methyl sites for hydroxylation is 1. The Morgan fingerprint density at radius 1 is 1.16 bits per heavy atom. The van der Waals surface area contributed by atoms with Crippen molar-refractivity contribution >= 4 is 11.8 Å². The third-order valence-corrected chi connectivity index (χ3v) is 5.70. The Labute approximate surface area is 183 Å². The monoisotopic (exact) mass is 443 g/mol. The van der Waals surface area contributed by atoms with Crippen LogP contribution in [0, 0.1) is 6.92 Å². The zero-order valence-electron chi connectivity index (χ0n) is 17.8. The molecule has 32 heavy (non-hydrogen) atoms. The van der Waals surface area contributed by atoms with Crippen molar-refractivity contribution in [1.29, 1.82) is 0 Å². The van der Waals surface area contributed by atoms with E-state index in [0.717, 1.165) is 5.56 Å². The van der Waals surface area contributed by atoms with Gasteiger partial charge in [0.1, 0.15) is 11.9 Å². The van der Waals surface area contributed by atoms with Crippen LogP contribution in [0.1, 0.15) is 40.0 Å². The normalized spacial score (nSPS) is 17.6. The molecule has 168 valence electrons. The number of carbonyl (C=O) groups is 1. The minimum atomic E-state index is -2.61. The minimum absolute atomic E-state index is 0.137. The van der Waals surface area contributed by atoms with Gasteiger partial charge in [0.25, 0.3) is 6.43 Å². The number of aromatic nitrogens is 2. The van der Waals surface area contributed by atoms with E-state index >= 15 is 0 Å². The Kier molecular flexibility index (Phi) is 5.73. The third kappa shape index (κ3) is 3.86. The van der Waals surface area contributed by atoms with Crippen molar-refractivity contribution in [2.75, 3.05) is 19.5 Å². The van der Waals surface area contributed by atoms with Gasteiger partial charge in [0.2, 0.25) is 0 Å². The van der Waals surface area contributed by atoms with E-state index in [1.165, 1.54) is 25.0 Å². The fourth-order valence-electron chi connectivity index (χ4n) is 4.05. The smallest absolute Gasteiger partial charge is 0.335 e. The number of nitrogens with one attached hydrogen (secondary N) is 1. The molecule has 4 rings (SSSR count). The molecule has 0 amide bonds. The van der Waals surface area contributed by atoms with Crippen molar-refractivity contribution < 1.29 is 28.2 Å². The topological polar surface area (TPSA) is 85.6 Å². The second-order valence-corrected chi connectivity index (χ2v) is 7.64. The number of alkyl halides is 2. The van der Waals surface area contributed by atoms with Crippen LogP contribution in [-0.2, 0) is 0 Å². The molecule has 0 saturated carbocycles. The van der Waals surface area contributed by atoms with Crippen LogP contribution in [0.25, 0.3) is 11.3 Å². The summed E-state index contributed by atoms with van der Waals surface area (Å²) in [5.41, 5.74) is 2.84. The summed E-state index contributed by atoms with van der Waals surface area (Å²) in [5, 5.41) is 16.9. The first-order chi connectivity index (χ1) is 15.3. The molecule has 0 aliphatic carbocycles. The Morgan fingerprint density at radius 3 is 2.53 bits per heavy atom. The maximum atomic E-state index is 14.0. The number of benzene rings is 2. The Balaban J connectivity index is 1.71. The van der Waals surface area contributed by atoms with Crippen molar-refractivity contribution in [3.05, 3.63) is 59.2 Å². The van der Waals surface area contributed by atoms with Crippen LogP contribution in [0.4, 0.5) is 14.6 Å². The van der Waals surface area contributed by atoms with Crippen LogP contribution in [-0.4, -0.2) is 41.5 Å². The summed E-state index contributed by atoms with van der Waals surface area (Å²) >= 11 is 0. The minimum Gasteiger partial charge on any atom is -0.493 e. The highest BCUT2D eigenvalue weighted by atomic mass is 19.3. The average Bonchev–Trinajstić information content (AvgIpc) is 3.21. The van der Waals surface area contributed by atoms with Gasteiger partial charge >= 0.3 is 5.97 Å². The molecule has 0 fully saturated rings. The maximum absolute atomic E-state index is 14.0. The van der Waals surface area contributed by atoms with E-state index in [9.17, 15) is 18.7 Å². The molecule has 2 aromatic carbocycles. The fourth-order valence-corrected chi connectivity index (χ4v) is 4.05. The van der Waals surface area contributed by atoms with E-state index < -0.39 is 18.4 Å². The summed E-state index contributed by atoms with van der Waals surface area (Å²) in [6.07, 6.45) is -2.47. The highest BCUT2D eigenvalue weighted by molar-refractivity contribution is 5.89. The molecule has 0 radical (unpaired) electrons. The summed E-state index contributed by atoms with van der Waals surface area (Å²) in [4.78, 5) is 11.2. The molecule has 1 aliphatic heterocycles. The highest BCUT2D eigenvalue weighted by Gasteiger charge is 2.35. The number of ether oxygens (including phenoxy) is 2. The number of carboxylic acid groups (broad SMARTS) is 1. The lowest BCUT2D eigenvalue weighted by Gasteiger charge is -2.32. The summed E-state index contributed by atoms with van der Waals surface area (Å²) in [5.74, 6) is 0.526. The second-order valence-electron chi connectivity index (χ2n) is 7.64. The molecule has 0 bridgehead atoms. The molecule has 7 nitrogen and oxygen atoms in total. The van der Waals surface area contributed by atoms with Gasteiger partial charge in [-0.3, -0.25) is 0 Å². The van der Waals surface area contributed by atoms with E-state index in [0.29, 0.717) is 34.1 Å². The van der Waals surface area contributed by atoms with Crippen LogP contribution in [0.2, 0.25) is 0 Å². The lowest BCUT2D eigenvalue weighted by Crippen LogP contribution is -2.30. The van der Waals surface area contributed by atoms with E-state index in [4.69, 9.17) is 9.47 Å². The van der Waals surface area contributed by atoms with Gasteiger partial charge < -0.3 is 19.9 Å². The Hall–Kier alpha value is -3.62. The SMILES string of the molecule is COc1ccc(C2CC(C(F)F)n3nc(-c4ccc(C(=O)O)cc4C)cc3N2)cc1OC. The number of aromatic carboxylic acids is 1. The molecular weight excluding hydrogens is 420 g/mol. The quantitative estimate of drug-likeness (QED) is 0.562. The number of carboxylic acids is 1. The third-order valence-electron chi connectivity index (χ3n) is 5.70. The lowest BCUT2D eigenvalue weighted by molar-refractivity contribution is 0.0658. The van der Waals surface area contributed by atoms with Crippen LogP contribution in [0.15, 0.2) is 42.5 Å². The standard InChI is InChI=1S/C23H23F2N3O4/c1-12-8-14(23(29)30)4-6-15(12)17-11-21-26-16(10-18(22(24)25)28(21)27-17)13-5-7-19(31-2)20(9-13)32-3/h4-9,11,16,18,22,26H,10H2,1-3H3,(H,29,30). The van der Waals surface area contributed by atoms with Gasteiger partial charge in [-0.25, -0.2) is 18.3 Å². The van der Waals surface area contributed by atoms with Crippen molar-refractivity contribution in [3.63, 3.8) is 0 Å². The summed E-state index contributed by atoms with van der Waals surface area (Å²) in [6.45, 7) is 1.77. The molecule has 1 aromatic heterocycles. The molecule has 3 aromatic rings. The second kappa shape index (κ2) is 8.49. The predicted octanol–water partition coefficient (Wildman–Crippen LogP) is 4.94. The number of halogens is 2. The number of nitrogens with zero attached hydrogens (tertiary/aromatic N) is 2. The first-order valence-corrected chi connectivity index (χ1v) is 10.0. The van der Waals surface area contributed by atoms with E-state index in [1.54, 1.807) is 37.3 Å².